The maximum atomic E-state index is 13.0. The van der Waals surface area contributed by atoms with Crippen molar-refractivity contribution >= 4 is 33.2 Å². The van der Waals surface area contributed by atoms with Gasteiger partial charge in [-0.3, -0.25) is 13.9 Å². The molecule has 1 aliphatic rings. The van der Waals surface area contributed by atoms with Gasteiger partial charge < -0.3 is 15.4 Å². The van der Waals surface area contributed by atoms with Crippen LogP contribution >= 0.6 is 0 Å². The minimum atomic E-state index is -3.55. The number of sulfonamides is 1. The summed E-state index contributed by atoms with van der Waals surface area (Å²) in [5, 5.41) is 5.57. The van der Waals surface area contributed by atoms with Crippen molar-refractivity contribution in [1.29, 1.82) is 0 Å². The standard InChI is InChI=1S/C22H27N3O5S/c1-14(2)23-21(26)16-7-5-6-8-17(16)24-22(27)20-11-12-25(31(4,28)29)18-13-15(3)9-10-19(18)30-20/h5-10,13-14,20H,11-12H2,1-4H3,(H,23,26)(H,24,27). The molecular formula is C22H27N3O5S. The summed E-state index contributed by atoms with van der Waals surface area (Å²) in [6, 6.07) is 11.8. The van der Waals surface area contributed by atoms with Gasteiger partial charge in [-0.1, -0.05) is 18.2 Å². The lowest BCUT2D eigenvalue weighted by atomic mass is 10.1. The lowest BCUT2D eigenvalue weighted by Crippen LogP contribution is -2.36. The highest BCUT2D eigenvalue weighted by Gasteiger charge is 2.31. The third kappa shape index (κ3) is 5.35. The molecule has 1 heterocycles. The molecule has 3 rings (SSSR count). The molecule has 0 saturated carbocycles. The first-order valence-electron chi connectivity index (χ1n) is 10.0. The van der Waals surface area contributed by atoms with Crippen LogP contribution in [0.15, 0.2) is 42.5 Å². The number of nitrogens with zero attached hydrogens (tertiary/aromatic N) is 1. The highest BCUT2D eigenvalue weighted by atomic mass is 32.2. The van der Waals surface area contributed by atoms with Gasteiger partial charge in [0.1, 0.15) is 5.75 Å². The van der Waals surface area contributed by atoms with Gasteiger partial charge in [0.25, 0.3) is 11.8 Å². The summed E-state index contributed by atoms with van der Waals surface area (Å²) in [4.78, 5) is 25.5. The molecule has 0 saturated heterocycles. The molecule has 2 amide bonds. The second-order valence-electron chi connectivity index (χ2n) is 7.86. The van der Waals surface area contributed by atoms with Crippen molar-refractivity contribution in [3.63, 3.8) is 0 Å². The molecule has 2 N–H and O–H groups in total. The Bertz CT molecular complexity index is 1100. The Kier molecular flexibility index (Phi) is 6.54. The van der Waals surface area contributed by atoms with Gasteiger partial charge in [-0.05, 0) is 50.6 Å². The van der Waals surface area contributed by atoms with Gasteiger partial charge in [-0.2, -0.15) is 0 Å². The van der Waals surface area contributed by atoms with E-state index in [2.05, 4.69) is 10.6 Å². The van der Waals surface area contributed by atoms with E-state index in [1.165, 1.54) is 4.31 Å². The molecule has 1 atom stereocenters. The number of rotatable bonds is 5. The van der Waals surface area contributed by atoms with E-state index in [-0.39, 0.29) is 24.9 Å². The van der Waals surface area contributed by atoms with Crippen molar-refractivity contribution in [1.82, 2.24) is 5.32 Å². The van der Waals surface area contributed by atoms with Gasteiger partial charge in [-0.15, -0.1) is 0 Å². The van der Waals surface area contributed by atoms with Crippen LogP contribution in [-0.2, 0) is 14.8 Å². The first-order chi connectivity index (χ1) is 14.6. The van der Waals surface area contributed by atoms with Gasteiger partial charge in [0.2, 0.25) is 10.0 Å². The summed E-state index contributed by atoms with van der Waals surface area (Å²) in [5.74, 6) is -0.428. The smallest absolute Gasteiger partial charge is 0.265 e. The Balaban J connectivity index is 1.86. The molecule has 2 aromatic carbocycles. The molecule has 0 spiro atoms. The average molecular weight is 446 g/mol. The monoisotopic (exact) mass is 445 g/mol. The normalized spacial score (nSPS) is 16.2. The summed E-state index contributed by atoms with van der Waals surface area (Å²) in [5.41, 5.74) is 1.99. The fourth-order valence-corrected chi connectivity index (χ4v) is 4.30. The Morgan fingerprint density at radius 1 is 1.16 bits per heavy atom. The van der Waals surface area contributed by atoms with Crippen molar-refractivity contribution in [2.75, 3.05) is 22.4 Å². The van der Waals surface area contributed by atoms with Crippen molar-refractivity contribution in [3.8, 4) is 5.75 Å². The van der Waals surface area contributed by atoms with E-state index in [0.29, 0.717) is 22.7 Å². The Morgan fingerprint density at radius 3 is 2.55 bits per heavy atom. The molecule has 0 bridgehead atoms. The number of nitrogens with one attached hydrogen (secondary N) is 2. The number of carbonyl (C=O) groups is 2. The number of para-hydroxylation sites is 1. The highest BCUT2D eigenvalue weighted by Crippen LogP contribution is 2.35. The van der Waals surface area contributed by atoms with Gasteiger partial charge >= 0.3 is 0 Å². The second-order valence-corrected chi connectivity index (χ2v) is 9.77. The average Bonchev–Trinajstić information content (AvgIpc) is 2.87. The third-order valence-electron chi connectivity index (χ3n) is 4.79. The van der Waals surface area contributed by atoms with Crippen LogP contribution in [0.2, 0.25) is 0 Å². The van der Waals surface area contributed by atoms with Crippen LogP contribution < -0.4 is 19.7 Å². The van der Waals surface area contributed by atoms with Crippen LogP contribution in [-0.4, -0.2) is 45.2 Å². The van der Waals surface area contributed by atoms with Crippen LogP contribution in [0.5, 0.6) is 5.75 Å². The maximum absolute atomic E-state index is 13.0. The van der Waals surface area contributed by atoms with E-state index in [0.717, 1.165) is 11.8 Å². The highest BCUT2D eigenvalue weighted by molar-refractivity contribution is 7.92. The minimum absolute atomic E-state index is 0.0524. The van der Waals surface area contributed by atoms with Crippen LogP contribution in [0, 0.1) is 6.92 Å². The zero-order valence-electron chi connectivity index (χ0n) is 18.0. The Hall–Kier alpha value is -3.07. The molecule has 31 heavy (non-hydrogen) atoms. The molecule has 166 valence electrons. The Morgan fingerprint density at radius 2 is 1.87 bits per heavy atom. The van der Waals surface area contributed by atoms with Crippen molar-refractivity contribution in [2.45, 2.75) is 39.3 Å². The molecule has 0 aliphatic carbocycles. The van der Waals surface area contributed by atoms with E-state index in [1.807, 2.05) is 20.8 Å². The van der Waals surface area contributed by atoms with E-state index < -0.39 is 22.0 Å². The van der Waals surface area contributed by atoms with Gasteiger partial charge in [0, 0.05) is 19.0 Å². The fraction of sp³-hybridized carbons (Fsp3) is 0.364. The summed E-state index contributed by atoms with van der Waals surface area (Å²) >= 11 is 0. The number of anilines is 2. The summed E-state index contributed by atoms with van der Waals surface area (Å²) < 4.78 is 31.8. The van der Waals surface area contributed by atoms with Crippen LogP contribution in [0.1, 0.15) is 36.2 Å². The van der Waals surface area contributed by atoms with Crippen molar-refractivity contribution in [3.05, 3.63) is 53.6 Å². The van der Waals surface area contributed by atoms with E-state index >= 15 is 0 Å². The van der Waals surface area contributed by atoms with Crippen LogP contribution in [0.3, 0.4) is 0 Å². The number of benzene rings is 2. The van der Waals surface area contributed by atoms with Crippen molar-refractivity contribution in [2.24, 2.45) is 0 Å². The second kappa shape index (κ2) is 8.97. The van der Waals surface area contributed by atoms with E-state index in [4.69, 9.17) is 4.74 Å². The Labute approximate surface area is 182 Å². The lowest BCUT2D eigenvalue weighted by molar-refractivity contribution is -0.122. The summed E-state index contributed by atoms with van der Waals surface area (Å²) in [6.07, 6.45) is 0.366. The third-order valence-corrected chi connectivity index (χ3v) is 5.97. The van der Waals surface area contributed by atoms with Gasteiger partial charge in [0.05, 0.1) is 23.2 Å². The molecule has 1 unspecified atom stereocenters. The molecule has 9 heteroatoms. The predicted octanol–water partition coefficient (Wildman–Crippen LogP) is 2.69. The quantitative estimate of drug-likeness (QED) is 0.736. The minimum Gasteiger partial charge on any atom is -0.478 e. The van der Waals surface area contributed by atoms with Crippen LogP contribution in [0.4, 0.5) is 11.4 Å². The molecule has 2 aromatic rings. The zero-order chi connectivity index (χ0) is 22.8. The SMILES string of the molecule is Cc1ccc2c(c1)N(S(C)(=O)=O)CCC(C(=O)Nc1ccccc1C(=O)NC(C)C)O2. The number of hydrogen-bond acceptors (Lipinski definition) is 5. The molecule has 1 aliphatic heterocycles. The zero-order valence-corrected chi connectivity index (χ0v) is 18.8. The van der Waals surface area contributed by atoms with Crippen LogP contribution in [0.25, 0.3) is 0 Å². The predicted molar refractivity (Wildman–Crippen MR) is 120 cm³/mol. The largest absolute Gasteiger partial charge is 0.478 e. The number of carbonyl (C=O) groups excluding carboxylic acids is 2. The van der Waals surface area contributed by atoms with E-state index in [9.17, 15) is 18.0 Å². The number of hydrogen-bond donors (Lipinski definition) is 2. The number of aryl methyl sites for hydroxylation is 1. The summed E-state index contributed by atoms with van der Waals surface area (Å²) in [7, 11) is -3.55. The number of ether oxygens (including phenoxy) is 1. The number of amides is 2. The van der Waals surface area contributed by atoms with Gasteiger partial charge in [0.15, 0.2) is 6.10 Å². The molecule has 0 fully saturated rings. The van der Waals surface area contributed by atoms with Gasteiger partial charge in [-0.25, -0.2) is 8.42 Å². The lowest BCUT2D eigenvalue weighted by Gasteiger charge is -2.21. The summed E-state index contributed by atoms with van der Waals surface area (Å²) in [6.45, 7) is 5.66. The van der Waals surface area contributed by atoms with Crippen molar-refractivity contribution < 1.29 is 22.7 Å². The fourth-order valence-electron chi connectivity index (χ4n) is 3.36. The first kappa shape index (κ1) is 22.6. The number of fused-ring (bicyclic) bond motifs is 1. The topological polar surface area (TPSA) is 105 Å². The maximum Gasteiger partial charge on any atom is 0.265 e. The molecule has 0 radical (unpaired) electrons. The molecule has 8 nitrogen and oxygen atoms in total. The first-order valence-corrected chi connectivity index (χ1v) is 11.9. The molecular weight excluding hydrogens is 418 g/mol. The van der Waals surface area contributed by atoms with E-state index in [1.54, 1.807) is 42.5 Å². The molecule has 0 aromatic heterocycles.